The number of fused-ring (bicyclic) bond motifs is 1. The molecule has 0 bridgehead atoms. The Labute approximate surface area is 149 Å². The standard InChI is InChI=1S/C15H19ClN2O5S/c1-24-3-2-12(18-15(17)20)14(19)22-7-10-5-11(16)4-9-6-21-8-23-13(9)10/h4-5,12H,2-3,6-8H2,1H3,(H3,17,18,20)/t12-/m1/s1. The van der Waals surface area contributed by atoms with Crippen molar-refractivity contribution in [3.63, 3.8) is 0 Å². The highest BCUT2D eigenvalue weighted by atomic mass is 35.5. The fraction of sp³-hybridized carbons (Fsp3) is 0.467. The maximum Gasteiger partial charge on any atom is 0.329 e. The Balaban J connectivity index is 2.04. The summed E-state index contributed by atoms with van der Waals surface area (Å²) in [7, 11) is 0. The Bertz CT molecular complexity index is 614. The van der Waals surface area contributed by atoms with Gasteiger partial charge < -0.3 is 25.3 Å². The van der Waals surface area contributed by atoms with Gasteiger partial charge in [0.05, 0.1) is 6.61 Å². The second-order valence-electron chi connectivity index (χ2n) is 5.11. The Morgan fingerprint density at radius 1 is 1.50 bits per heavy atom. The number of nitrogens with one attached hydrogen (secondary N) is 1. The first kappa shape index (κ1) is 18.7. The van der Waals surface area contributed by atoms with Gasteiger partial charge in [0.25, 0.3) is 0 Å². The van der Waals surface area contributed by atoms with Crippen molar-refractivity contribution in [3.05, 3.63) is 28.3 Å². The van der Waals surface area contributed by atoms with Crippen LogP contribution in [0.15, 0.2) is 12.1 Å². The summed E-state index contributed by atoms with van der Waals surface area (Å²) in [5.74, 6) is 0.748. The number of ether oxygens (including phenoxy) is 3. The number of rotatable bonds is 7. The van der Waals surface area contributed by atoms with Crippen LogP contribution in [0.25, 0.3) is 0 Å². The zero-order valence-electron chi connectivity index (χ0n) is 13.2. The normalized spacial score (nSPS) is 14.2. The van der Waals surface area contributed by atoms with Gasteiger partial charge in [-0.3, -0.25) is 0 Å². The average Bonchev–Trinajstić information content (AvgIpc) is 2.55. The molecule has 3 N–H and O–H groups in total. The lowest BCUT2D eigenvalue weighted by Crippen LogP contribution is -2.44. The van der Waals surface area contributed by atoms with E-state index in [1.54, 1.807) is 23.9 Å². The molecule has 0 saturated heterocycles. The zero-order chi connectivity index (χ0) is 17.5. The number of urea groups is 1. The van der Waals surface area contributed by atoms with Gasteiger partial charge in [0.1, 0.15) is 18.4 Å². The second kappa shape index (κ2) is 9.00. The van der Waals surface area contributed by atoms with Crippen LogP contribution < -0.4 is 15.8 Å². The second-order valence-corrected chi connectivity index (χ2v) is 6.54. The summed E-state index contributed by atoms with van der Waals surface area (Å²) in [6.45, 7) is 0.503. The smallest absolute Gasteiger partial charge is 0.329 e. The van der Waals surface area contributed by atoms with Gasteiger partial charge in [-0.25, -0.2) is 9.59 Å². The van der Waals surface area contributed by atoms with Crippen LogP contribution in [0.3, 0.4) is 0 Å². The maximum absolute atomic E-state index is 12.2. The molecule has 1 aliphatic rings. The predicted octanol–water partition coefficient (Wildman–Crippen LogP) is 2.04. The number of thioether (sulfide) groups is 1. The van der Waals surface area contributed by atoms with Crippen molar-refractivity contribution in [3.8, 4) is 5.75 Å². The van der Waals surface area contributed by atoms with E-state index in [1.807, 2.05) is 6.26 Å². The molecule has 0 aliphatic carbocycles. The van der Waals surface area contributed by atoms with Gasteiger partial charge >= 0.3 is 12.0 Å². The van der Waals surface area contributed by atoms with E-state index in [-0.39, 0.29) is 13.4 Å². The minimum atomic E-state index is -0.783. The van der Waals surface area contributed by atoms with Crippen molar-refractivity contribution < 1.29 is 23.8 Å². The van der Waals surface area contributed by atoms with Crippen LogP contribution in [0, 0.1) is 0 Å². The number of esters is 1. The molecule has 0 saturated carbocycles. The summed E-state index contributed by atoms with van der Waals surface area (Å²) in [4.78, 5) is 23.2. The van der Waals surface area contributed by atoms with Crippen molar-refractivity contribution >= 4 is 35.4 Å². The minimum Gasteiger partial charge on any atom is -0.467 e. The molecule has 1 aromatic rings. The summed E-state index contributed by atoms with van der Waals surface area (Å²) >= 11 is 7.63. The molecule has 1 heterocycles. The first-order valence-electron chi connectivity index (χ1n) is 7.24. The Kier molecular flexibility index (Phi) is 7.01. The SMILES string of the molecule is CSCC[C@@H](NC(N)=O)C(=O)OCc1cc(Cl)cc2c1OCOC2. The maximum atomic E-state index is 12.2. The van der Waals surface area contributed by atoms with E-state index in [9.17, 15) is 9.59 Å². The summed E-state index contributed by atoms with van der Waals surface area (Å²) in [6.07, 6.45) is 2.34. The minimum absolute atomic E-state index is 0.0159. The number of hydrogen-bond donors (Lipinski definition) is 2. The van der Waals surface area contributed by atoms with Crippen LogP contribution in [-0.4, -0.2) is 36.8 Å². The van der Waals surface area contributed by atoms with Crippen molar-refractivity contribution in [2.75, 3.05) is 18.8 Å². The van der Waals surface area contributed by atoms with Crippen molar-refractivity contribution in [1.82, 2.24) is 5.32 Å². The van der Waals surface area contributed by atoms with Crippen LogP contribution in [-0.2, 0) is 27.5 Å². The third-order valence-corrected chi connectivity index (χ3v) is 4.20. The van der Waals surface area contributed by atoms with Gasteiger partial charge in [0, 0.05) is 16.1 Å². The summed E-state index contributed by atoms with van der Waals surface area (Å²) in [5.41, 5.74) is 6.56. The highest BCUT2D eigenvalue weighted by Crippen LogP contribution is 2.32. The molecule has 1 atom stereocenters. The molecule has 0 fully saturated rings. The molecule has 0 radical (unpaired) electrons. The number of carbonyl (C=O) groups is 2. The van der Waals surface area contributed by atoms with E-state index in [2.05, 4.69) is 5.32 Å². The molecular weight excluding hydrogens is 356 g/mol. The van der Waals surface area contributed by atoms with Crippen molar-refractivity contribution in [1.29, 1.82) is 0 Å². The third kappa shape index (κ3) is 5.19. The molecule has 132 valence electrons. The number of nitrogens with two attached hydrogens (primary N) is 1. The number of benzene rings is 1. The fourth-order valence-electron chi connectivity index (χ4n) is 2.27. The first-order chi connectivity index (χ1) is 11.5. The van der Waals surface area contributed by atoms with E-state index in [0.717, 1.165) is 5.56 Å². The quantitative estimate of drug-likeness (QED) is 0.708. The van der Waals surface area contributed by atoms with E-state index in [1.165, 1.54) is 0 Å². The van der Waals surface area contributed by atoms with Crippen LogP contribution in [0.5, 0.6) is 5.75 Å². The molecule has 0 spiro atoms. The molecule has 2 amide bonds. The Hall–Kier alpha value is -1.64. The summed E-state index contributed by atoms with van der Waals surface area (Å²) in [5, 5.41) is 2.90. The summed E-state index contributed by atoms with van der Waals surface area (Å²) in [6, 6.07) is 1.88. The van der Waals surface area contributed by atoms with Crippen molar-refractivity contribution in [2.24, 2.45) is 5.73 Å². The third-order valence-electron chi connectivity index (χ3n) is 3.33. The lowest BCUT2D eigenvalue weighted by Gasteiger charge is -2.22. The monoisotopic (exact) mass is 374 g/mol. The first-order valence-corrected chi connectivity index (χ1v) is 9.01. The van der Waals surface area contributed by atoms with E-state index in [4.69, 9.17) is 31.5 Å². The average molecular weight is 375 g/mol. The van der Waals surface area contributed by atoms with Gasteiger partial charge in [-0.05, 0) is 30.6 Å². The molecular formula is C15H19ClN2O5S. The Morgan fingerprint density at radius 3 is 3.00 bits per heavy atom. The van der Waals surface area contributed by atoms with Crippen LogP contribution >= 0.6 is 23.4 Å². The van der Waals surface area contributed by atoms with E-state index < -0.39 is 18.0 Å². The largest absolute Gasteiger partial charge is 0.467 e. The van der Waals surface area contributed by atoms with E-state index in [0.29, 0.717) is 35.1 Å². The van der Waals surface area contributed by atoms with Crippen molar-refractivity contribution in [2.45, 2.75) is 25.7 Å². The predicted molar refractivity (Wildman–Crippen MR) is 91.0 cm³/mol. The lowest BCUT2D eigenvalue weighted by molar-refractivity contribution is -0.147. The molecule has 24 heavy (non-hydrogen) atoms. The summed E-state index contributed by atoms with van der Waals surface area (Å²) < 4.78 is 16.0. The zero-order valence-corrected chi connectivity index (χ0v) is 14.7. The van der Waals surface area contributed by atoms with Crippen LogP contribution in [0.2, 0.25) is 5.02 Å². The molecule has 2 rings (SSSR count). The van der Waals surface area contributed by atoms with Gasteiger partial charge in [0.15, 0.2) is 6.79 Å². The van der Waals surface area contributed by atoms with Gasteiger partial charge in [-0.1, -0.05) is 11.6 Å². The van der Waals surface area contributed by atoms with Crippen LogP contribution in [0.1, 0.15) is 17.5 Å². The molecule has 7 nitrogen and oxygen atoms in total. The van der Waals surface area contributed by atoms with Gasteiger partial charge in [0.2, 0.25) is 0 Å². The Morgan fingerprint density at radius 2 is 2.29 bits per heavy atom. The number of hydrogen-bond acceptors (Lipinski definition) is 6. The van der Waals surface area contributed by atoms with Crippen LogP contribution in [0.4, 0.5) is 4.79 Å². The lowest BCUT2D eigenvalue weighted by atomic mass is 10.1. The van der Waals surface area contributed by atoms with Gasteiger partial charge in [-0.15, -0.1) is 0 Å². The molecule has 1 aromatic carbocycles. The van der Waals surface area contributed by atoms with E-state index >= 15 is 0 Å². The number of halogens is 1. The molecule has 1 aliphatic heterocycles. The highest BCUT2D eigenvalue weighted by molar-refractivity contribution is 7.98. The molecule has 0 unspecified atom stereocenters. The topological polar surface area (TPSA) is 99.9 Å². The molecule has 9 heteroatoms. The van der Waals surface area contributed by atoms with Gasteiger partial charge in [-0.2, -0.15) is 11.8 Å². The number of carbonyl (C=O) groups excluding carboxylic acids is 2. The number of primary amides is 1. The fourth-order valence-corrected chi connectivity index (χ4v) is 3.00. The highest BCUT2D eigenvalue weighted by Gasteiger charge is 2.23. The number of amides is 2. The molecule has 0 aromatic heterocycles.